The van der Waals surface area contributed by atoms with Crippen molar-refractivity contribution in [2.24, 2.45) is 0 Å². The van der Waals surface area contributed by atoms with Gasteiger partial charge in [-0.2, -0.15) is 11.3 Å². The lowest BCUT2D eigenvalue weighted by Crippen LogP contribution is -2.48. The Morgan fingerprint density at radius 3 is 3.21 bits per heavy atom. The minimum absolute atomic E-state index is 0.181. The standard InChI is InChI=1S/C11H17NOS/c1-11(4-2-5-13-9-11)12-7-10-3-6-14-8-10/h3,6,8,12H,2,4-5,7,9H2,1H3. The summed E-state index contributed by atoms with van der Waals surface area (Å²) in [4.78, 5) is 0. The number of hydrogen-bond acceptors (Lipinski definition) is 3. The van der Waals surface area contributed by atoms with Crippen LogP contribution in [0.5, 0.6) is 0 Å². The molecule has 0 aromatic carbocycles. The molecule has 14 heavy (non-hydrogen) atoms. The van der Waals surface area contributed by atoms with E-state index in [1.807, 2.05) is 0 Å². The van der Waals surface area contributed by atoms with Crippen molar-refractivity contribution in [2.45, 2.75) is 31.8 Å². The van der Waals surface area contributed by atoms with E-state index in [4.69, 9.17) is 4.74 Å². The van der Waals surface area contributed by atoms with Gasteiger partial charge in [0.15, 0.2) is 0 Å². The molecular weight excluding hydrogens is 194 g/mol. The van der Waals surface area contributed by atoms with Crippen molar-refractivity contribution in [1.29, 1.82) is 0 Å². The highest BCUT2D eigenvalue weighted by Crippen LogP contribution is 2.19. The minimum Gasteiger partial charge on any atom is -0.380 e. The van der Waals surface area contributed by atoms with Gasteiger partial charge in [-0.15, -0.1) is 0 Å². The van der Waals surface area contributed by atoms with Gasteiger partial charge in [-0.1, -0.05) is 0 Å². The van der Waals surface area contributed by atoms with Gasteiger partial charge in [-0.3, -0.25) is 0 Å². The van der Waals surface area contributed by atoms with Crippen LogP contribution in [0, 0.1) is 0 Å². The summed E-state index contributed by atoms with van der Waals surface area (Å²) in [6.45, 7) is 4.98. The van der Waals surface area contributed by atoms with Gasteiger partial charge in [0.1, 0.15) is 0 Å². The molecule has 78 valence electrons. The van der Waals surface area contributed by atoms with Crippen LogP contribution in [0.15, 0.2) is 16.8 Å². The number of rotatable bonds is 3. The minimum atomic E-state index is 0.181. The van der Waals surface area contributed by atoms with Gasteiger partial charge in [-0.25, -0.2) is 0 Å². The van der Waals surface area contributed by atoms with Gasteiger partial charge in [0.25, 0.3) is 0 Å². The molecule has 2 heterocycles. The first-order valence-corrected chi connectivity index (χ1v) is 6.07. The molecule has 0 spiro atoms. The molecule has 1 aromatic rings. The molecular formula is C11H17NOS. The van der Waals surface area contributed by atoms with Crippen molar-refractivity contribution in [3.63, 3.8) is 0 Å². The molecule has 2 rings (SSSR count). The zero-order valence-electron chi connectivity index (χ0n) is 8.58. The summed E-state index contributed by atoms with van der Waals surface area (Å²) in [6, 6.07) is 2.17. The SMILES string of the molecule is CC1(NCc2ccsc2)CCCOC1. The lowest BCUT2D eigenvalue weighted by molar-refractivity contribution is 0.0278. The summed E-state index contributed by atoms with van der Waals surface area (Å²) in [5, 5.41) is 7.90. The Morgan fingerprint density at radius 1 is 1.64 bits per heavy atom. The molecule has 1 N–H and O–H groups in total. The number of nitrogens with one attached hydrogen (secondary N) is 1. The normalized spacial score (nSPS) is 27.8. The largest absolute Gasteiger partial charge is 0.380 e. The molecule has 1 unspecified atom stereocenters. The van der Waals surface area contributed by atoms with Gasteiger partial charge < -0.3 is 10.1 Å². The predicted molar refractivity (Wildman–Crippen MR) is 59.6 cm³/mol. The highest BCUT2D eigenvalue weighted by Gasteiger charge is 2.26. The van der Waals surface area contributed by atoms with E-state index in [1.165, 1.54) is 18.4 Å². The van der Waals surface area contributed by atoms with E-state index >= 15 is 0 Å². The third-order valence-electron chi connectivity index (χ3n) is 2.74. The van der Waals surface area contributed by atoms with Gasteiger partial charge in [0.2, 0.25) is 0 Å². The van der Waals surface area contributed by atoms with Crippen LogP contribution in [0.2, 0.25) is 0 Å². The second-order valence-electron chi connectivity index (χ2n) is 4.20. The zero-order valence-corrected chi connectivity index (χ0v) is 9.40. The third-order valence-corrected chi connectivity index (χ3v) is 3.47. The molecule has 1 aliphatic heterocycles. The molecule has 1 saturated heterocycles. The van der Waals surface area contributed by atoms with Crippen molar-refractivity contribution < 1.29 is 4.74 Å². The molecule has 0 aliphatic carbocycles. The fourth-order valence-corrected chi connectivity index (χ4v) is 2.45. The van der Waals surface area contributed by atoms with Crippen LogP contribution in [-0.2, 0) is 11.3 Å². The molecule has 1 aromatic heterocycles. The molecule has 0 radical (unpaired) electrons. The average molecular weight is 211 g/mol. The first-order valence-electron chi connectivity index (χ1n) is 5.12. The molecule has 2 nitrogen and oxygen atoms in total. The number of hydrogen-bond donors (Lipinski definition) is 1. The maximum absolute atomic E-state index is 5.50. The Hall–Kier alpha value is -0.380. The first kappa shape index (κ1) is 10.1. The Labute approximate surface area is 89.3 Å². The maximum atomic E-state index is 5.50. The van der Waals surface area contributed by atoms with Crippen LogP contribution in [0.25, 0.3) is 0 Å². The molecule has 1 atom stereocenters. The van der Waals surface area contributed by atoms with Gasteiger partial charge in [0, 0.05) is 18.7 Å². The molecule has 1 fully saturated rings. The van der Waals surface area contributed by atoms with E-state index in [-0.39, 0.29) is 5.54 Å². The summed E-state index contributed by atoms with van der Waals surface area (Å²) in [5.41, 5.74) is 1.56. The van der Waals surface area contributed by atoms with Crippen molar-refractivity contribution in [1.82, 2.24) is 5.32 Å². The van der Waals surface area contributed by atoms with E-state index < -0.39 is 0 Å². The number of thiophene rings is 1. The summed E-state index contributed by atoms with van der Waals surface area (Å²) >= 11 is 1.75. The van der Waals surface area contributed by atoms with Crippen LogP contribution < -0.4 is 5.32 Å². The topological polar surface area (TPSA) is 21.3 Å². The lowest BCUT2D eigenvalue weighted by Gasteiger charge is -2.34. The van der Waals surface area contributed by atoms with Crippen molar-refractivity contribution in [3.05, 3.63) is 22.4 Å². The monoisotopic (exact) mass is 211 g/mol. The van der Waals surface area contributed by atoms with Crippen molar-refractivity contribution >= 4 is 11.3 Å². The van der Waals surface area contributed by atoms with E-state index in [0.717, 1.165) is 19.8 Å². The maximum Gasteiger partial charge on any atom is 0.0645 e. The van der Waals surface area contributed by atoms with E-state index in [0.29, 0.717) is 0 Å². The van der Waals surface area contributed by atoms with Crippen LogP contribution >= 0.6 is 11.3 Å². The Balaban J connectivity index is 1.84. The van der Waals surface area contributed by atoms with E-state index in [9.17, 15) is 0 Å². The first-order chi connectivity index (χ1) is 6.79. The second kappa shape index (κ2) is 4.43. The Kier molecular flexibility index (Phi) is 3.21. The zero-order chi connectivity index (χ0) is 9.86. The molecule has 0 saturated carbocycles. The van der Waals surface area contributed by atoms with Crippen LogP contribution in [-0.4, -0.2) is 18.8 Å². The summed E-state index contributed by atoms with van der Waals surface area (Å²) in [6.07, 6.45) is 2.39. The van der Waals surface area contributed by atoms with Gasteiger partial charge >= 0.3 is 0 Å². The summed E-state index contributed by atoms with van der Waals surface area (Å²) in [7, 11) is 0. The highest BCUT2D eigenvalue weighted by molar-refractivity contribution is 7.07. The fourth-order valence-electron chi connectivity index (χ4n) is 1.78. The predicted octanol–water partition coefficient (Wildman–Crippen LogP) is 2.41. The number of ether oxygens (including phenoxy) is 1. The molecule has 0 amide bonds. The molecule has 3 heteroatoms. The molecule has 1 aliphatic rings. The third kappa shape index (κ3) is 2.56. The van der Waals surface area contributed by atoms with Crippen LogP contribution in [0.1, 0.15) is 25.3 Å². The van der Waals surface area contributed by atoms with Crippen LogP contribution in [0.4, 0.5) is 0 Å². The smallest absolute Gasteiger partial charge is 0.0645 e. The molecule has 0 bridgehead atoms. The van der Waals surface area contributed by atoms with Crippen molar-refractivity contribution in [3.8, 4) is 0 Å². The average Bonchev–Trinajstić information content (AvgIpc) is 2.69. The van der Waals surface area contributed by atoms with E-state index in [2.05, 4.69) is 29.1 Å². The fraction of sp³-hybridized carbons (Fsp3) is 0.636. The second-order valence-corrected chi connectivity index (χ2v) is 4.98. The summed E-state index contributed by atoms with van der Waals surface area (Å²) in [5.74, 6) is 0. The lowest BCUT2D eigenvalue weighted by atomic mass is 9.95. The van der Waals surface area contributed by atoms with E-state index in [1.54, 1.807) is 11.3 Å². The van der Waals surface area contributed by atoms with Crippen molar-refractivity contribution in [2.75, 3.05) is 13.2 Å². The highest BCUT2D eigenvalue weighted by atomic mass is 32.1. The quantitative estimate of drug-likeness (QED) is 0.829. The summed E-state index contributed by atoms with van der Waals surface area (Å²) < 4.78 is 5.50. The van der Waals surface area contributed by atoms with Gasteiger partial charge in [0.05, 0.1) is 6.61 Å². The Bertz CT molecular complexity index is 265. The van der Waals surface area contributed by atoms with Gasteiger partial charge in [-0.05, 0) is 42.2 Å². The Morgan fingerprint density at radius 2 is 2.57 bits per heavy atom. The van der Waals surface area contributed by atoms with Crippen LogP contribution in [0.3, 0.4) is 0 Å².